The topological polar surface area (TPSA) is 34.5 Å². The van der Waals surface area contributed by atoms with E-state index in [9.17, 15) is 0 Å². The molecule has 0 saturated carbocycles. The zero-order valence-corrected chi connectivity index (χ0v) is 11.0. The summed E-state index contributed by atoms with van der Waals surface area (Å²) in [6.45, 7) is 0.618. The van der Waals surface area contributed by atoms with Gasteiger partial charge in [-0.05, 0) is 24.1 Å². The number of halogens is 1. The number of nitrogens with zero attached hydrogens (tertiary/aromatic N) is 2. The minimum Gasteiger partial charge on any atom is -0.475 e. The van der Waals surface area contributed by atoms with Crippen molar-refractivity contribution in [2.24, 2.45) is 4.99 Å². The molecule has 96 valence electrons. The highest BCUT2D eigenvalue weighted by molar-refractivity contribution is 6.29. The summed E-state index contributed by atoms with van der Waals surface area (Å²) >= 11 is 5.76. The Morgan fingerprint density at radius 1 is 1.16 bits per heavy atom. The highest BCUT2D eigenvalue weighted by Crippen LogP contribution is 2.16. The van der Waals surface area contributed by atoms with Gasteiger partial charge in [-0.1, -0.05) is 41.9 Å². The van der Waals surface area contributed by atoms with E-state index in [-0.39, 0.29) is 6.04 Å². The highest BCUT2D eigenvalue weighted by atomic mass is 35.5. The molecule has 0 N–H and O–H groups in total. The van der Waals surface area contributed by atoms with Crippen LogP contribution in [0, 0.1) is 0 Å². The summed E-state index contributed by atoms with van der Waals surface area (Å²) in [5.74, 6) is 0.657. The third-order valence-electron chi connectivity index (χ3n) is 3.00. The van der Waals surface area contributed by atoms with E-state index in [0.29, 0.717) is 17.7 Å². The van der Waals surface area contributed by atoms with Crippen molar-refractivity contribution in [2.75, 3.05) is 6.61 Å². The molecule has 2 aromatic rings. The van der Waals surface area contributed by atoms with Crippen LogP contribution in [0.1, 0.15) is 11.1 Å². The first-order chi connectivity index (χ1) is 9.31. The van der Waals surface area contributed by atoms with Crippen molar-refractivity contribution in [3.8, 4) is 0 Å². The van der Waals surface area contributed by atoms with Crippen LogP contribution in [0.3, 0.4) is 0 Å². The van der Waals surface area contributed by atoms with Gasteiger partial charge in [-0.25, -0.2) is 9.98 Å². The number of ether oxygens (including phenoxy) is 1. The molecule has 4 heteroatoms. The average Bonchev–Trinajstić information content (AvgIpc) is 2.89. The molecule has 19 heavy (non-hydrogen) atoms. The number of hydrogen-bond donors (Lipinski definition) is 0. The van der Waals surface area contributed by atoms with Crippen molar-refractivity contribution in [2.45, 2.75) is 12.5 Å². The number of aliphatic imine (C=N–C) groups is 1. The second-order valence-electron chi connectivity index (χ2n) is 4.46. The van der Waals surface area contributed by atoms with E-state index >= 15 is 0 Å². The molecule has 3 rings (SSSR count). The van der Waals surface area contributed by atoms with Gasteiger partial charge in [0.1, 0.15) is 11.8 Å². The highest BCUT2D eigenvalue weighted by Gasteiger charge is 2.20. The monoisotopic (exact) mass is 272 g/mol. The largest absolute Gasteiger partial charge is 0.475 e. The molecule has 1 aliphatic rings. The number of benzene rings is 1. The summed E-state index contributed by atoms with van der Waals surface area (Å²) in [6, 6.07) is 14.1. The third kappa shape index (κ3) is 2.93. The Morgan fingerprint density at radius 2 is 2.00 bits per heavy atom. The molecule has 0 radical (unpaired) electrons. The van der Waals surface area contributed by atoms with Gasteiger partial charge >= 0.3 is 0 Å². The van der Waals surface area contributed by atoms with Crippen LogP contribution in [0.2, 0.25) is 5.15 Å². The summed E-state index contributed by atoms with van der Waals surface area (Å²) in [5, 5.41) is 0.475. The van der Waals surface area contributed by atoms with Crippen molar-refractivity contribution < 1.29 is 4.74 Å². The van der Waals surface area contributed by atoms with E-state index in [0.717, 1.165) is 12.0 Å². The fourth-order valence-corrected chi connectivity index (χ4v) is 2.18. The first kappa shape index (κ1) is 12.2. The van der Waals surface area contributed by atoms with Gasteiger partial charge < -0.3 is 4.74 Å². The molecule has 2 heterocycles. The van der Waals surface area contributed by atoms with E-state index in [2.05, 4.69) is 22.1 Å². The van der Waals surface area contributed by atoms with E-state index in [1.54, 1.807) is 12.3 Å². The lowest BCUT2D eigenvalue weighted by Gasteiger charge is -2.04. The summed E-state index contributed by atoms with van der Waals surface area (Å²) in [5.41, 5.74) is 2.15. The normalized spacial score (nSPS) is 17.9. The Morgan fingerprint density at radius 3 is 2.74 bits per heavy atom. The van der Waals surface area contributed by atoms with Crippen molar-refractivity contribution in [1.29, 1.82) is 0 Å². The molecule has 0 aliphatic carbocycles. The van der Waals surface area contributed by atoms with Crippen molar-refractivity contribution >= 4 is 17.5 Å². The lowest BCUT2D eigenvalue weighted by molar-refractivity contribution is 0.317. The van der Waals surface area contributed by atoms with Crippen LogP contribution in [0.4, 0.5) is 0 Å². The van der Waals surface area contributed by atoms with Crippen LogP contribution in [0.25, 0.3) is 0 Å². The molecular formula is C15H13ClN2O. The predicted molar refractivity (Wildman–Crippen MR) is 75.7 cm³/mol. The first-order valence-corrected chi connectivity index (χ1v) is 6.55. The average molecular weight is 273 g/mol. The van der Waals surface area contributed by atoms with Crippen LogP contribution in [0.5, 0.6) is 0 Å². The summed E-state index contributed by atoms with van der Waals surface area (Å²) in [7, 11) is 0. The van der Waals surface area contributed by atoms with E-state index in [1.807, 2.05) is 24.3 Å². The quantitative estimate of drug-likeness (QED) is 0.805. The second kappa shape index (κ2) is 5.41. The lowest BCUT2D eigenvalue weighted by Crippen LogP contribution is -2.09. The van der Waals surface area contributed by atoms with E-state index in [1.165, 1.54) is 5.56 Å². The molecule has 1 atom stereocenters. The molecule has 0 unspecified atom stereocenters. The third-order valence-corrected chi connectivity index (χ3v) is 3.22. The predicted octanol–water partition coefficient (Wildman–Crippen LogP) is 3.12. The maximum atomic E-state index is 5.76. The number of aromatic nitrogens is 1. The van der Waals surface area contributed by atoms with Crippen molar-refractivity contribution in [3.63, 3.8) is 0 Å². The Kier molecular flexibility index (Phi) is 3.47. The van der Waals surface area contributed by atoms with Gasteiger partial charge in [-0.15, -0.1) is 0 Å². The lowest BCUT2D eigenvalue weighted by atomic mass is 10.1. The Balaban J connectivity index is 1.72. The van der Waals surface area contributed by atoms with Gasteiger partial charge in [-0.3, -0.25) is 0 Å². The summed E-state index contributed by atoms with van der Waals surface area (Å²) in [4.78, 5) is 8.63. The Hall–Kier alpha value is -1.87. The maximum absolute atomic E-state index is 5.76. The van der Waals surface area contributed by atoms with Crippen LogP contribution < -0.4 is 0 Å². The van der Waals surface area contributed by atoms with Crippen molar-refractivity contribution in [1.82, 2.24) is 4.98 Å². The molecule has 0 bridgehead atoms. The van der Waals surface area contributed by atoms with Crippen molar-refractivity contribution in [3.05, 3.63) is 64.9 Å². The maximum Gasteiger partial charge on any atom is 0.218 e. The molecule has 1 aromatic carbocycles. The molecular weight excluding hydrogens is 260 g/mol. The van der Waals surface area contributed by atoms with Gasteiger partial charge in [0.05, 0.1) is 11.6 Å². The standard InChI is InChI=1S/C15H13ClN2O/c16-14-7-6-12(9-17-14)15-18-13(10-19-15)8-11-4-2-1-3-5-11/h1-7,9,13H,8,10H2/t13-/m0/s1. The molecule has 1 aromatic heterocycles. The van der Waals surface area contributed by atoms with Crippen LogP contribution in [0.15, 0.2) is 53.7 Å². The molecule has 0 amide bonds. The smallest absolute Gasteiger partial charge is 0.218 e. The van der Waals surface area contributed by atoms with Gasteiger partial charge in [0.25, 0.3) is 0 Å². The van der Waals surface area contributed by atoms with Crippen LogP contribution in [-0.4, -0.2) is 23.5 Å². The SMILES string of the molecule is Clc1ccc(C2=N[C@@H](Cc3ccccc3)CO2)cn1. The Bertz CT molecular complexity index is 581. The fraction of sp³-hybridized carbons (Fsp3) is 0.200. The zero-order valence-electron chi connectivity index (χ0n) is 10.3. The first-order valence-electron chi connectivity index (χ1n) is 6.18. The number of pyridine rings is 1. The summed E-state index contributed by atoms with van der Waals surface area (Å²) < 4.78 is 5.63. The van der Waals surface area contributed by atoms with Crippen LogP contribution in [-0.2, 0) is 11.2 Å². The van der Waals surface area contributed by atoms with Gasteiger partial charge in [0.2, 0.25) is 5.90 Å². The molecule has 0 fully saturated rings. The number of hydrogen-bond acceptors (Lipinski definition) is 3. The molecule has 0 saturated heterocycles. The second-order valence-corrected chi connectivity index (χ2v) is 4.85. The minimum absolute atomic E-state index is 0.174. The van der Waals surface area contributed by atoms with E-state index in [4.69, 9.17) is 16.3 Å². The van der Waals surface area contributed by atoms with Gasteiger partial charge in [0, 0.05) is 6.20 Å². The van der Waals surface area contributed by atoms with Crippen LogP contribution >= 0.6 is 11.6 Å². The van der Waals surface area contributed by atoms with Gasteiger partial charge in [-0.2, -0.15) is 0 Å². The summed E-state index contributed by atoms with van der Waals surface area (Å²) in [6.07, 6.45) is 2.58. The molecule has 3 nitrogen and oxygen atoms in total. The molecule has 1 aliphatic heterocycles. The minimum atomic E-state index is 0.174. The van der Waals surface area contributed by atoms with Gasteiger partial charge in [0.15, 0.2) is 0 Å². The number of rotatable bonds is 3. The zero-order chi connectivity index (χ0) is 13.1. The Labute approximate surface area is 116 Å². The van der Waals surface area contributed by atoms with E-state index < -0.39 is 0 Å². The molecule has 0 spiro atoms. The fourth-order valence-electron chi connectivity index (χ4n) is 2.07.